The number of aryl methyl sites for hydroxylation is 1. The van der Waals surface area contributed by atoms with Crippen LogP contribution in [0.4, 0.5) is 11.5 Å². The Kier molecular flexibility index (Phi) is 3.56. The van der Waals surface area contributed by atoms with Crippen molar-refractivity contribution < 1.29 is 4.92 Å². The fraction of sp³-hybridized carbons (Fsp3) is 0.643. The Morgan fingerprint density at radius 2 is 2.10 bits per heavy atom. The van der Waals surface area contributed by atoms with Gasteiger partial charge in [-0.2, -0.15) is 0 Å². The summed E-state index contributed by atoms with van der Waals surface area (Å²) in [6.45, 7) is 6.18. The molecule has 6 nitrogen and oxygen atoms in total. The zero-order valence-corrected chi connectivity index (χ0v) is 11.8. The Morgan fingerprint density at radius 1 is 1.35 bits per heavy atom. The second kappa shape index (κ2) is 5.36. The highest BCUT2D eigenvalue weighted by molar-refractivity contribution is 5.49. The molecular formula is C14H20N4O2. The summed E-state index contributed by atoms with van der Waals surface area (Å²) in [6, 6.07) is 2.46. The number of likely N-dealkylation sites (tertiary alicyclic amines) is 1. The van der Waals surface area contributed by atoms with E-state index in [2.05, 4.69) is 14.8 Å². The Labute approximate surface area is 118 Å². The quantitative estimate of drug-likeness (QED) is 0.624. The molecule has 20 heavy (non-hydrogen) atoms. The molecule has 108 valence electrons. The third-order valence-electron chi connectivity index (χ3n) is 4.41. The first-order valence-corrected chi connectivity index (χ1v) is 7.25. The maximum absolute atomic E-state index is 10.8. The molecular weight excluding hydrogens is 256 g/mol. The molecule has 0 spiro atoms. The lowest BCUT2D eigenvalue weighted by atomic mass is 10.2. The van der Waals surface area contributed by atoms with E-state index in [0.717, 1.165) is 25.3 Å². The van der Waals surface area contributed by atoms with E-state index in [1.54, 1.807) is 6.92 Å². The van der Waals surface area contributed by atoms with Crippen molar-refractivity contribution >= 4 is 11.5 Å². The van der Waals surface area contributed by atoms with Crippen molar-refractivity contribution in [2.45, 2.75) is 32.2 Å². The Hall–Kier alpha value is -1.69. The molecule has 2 fully saturated rings. The van der Waals surface area contributed by atoms with E-state index in [1.165, 1.54) is 32.1 Å². The second-order valence-corrected chi connectivity index (χ2v) is 5.72. The first-order chi connectivity index (χ1) is 9.65. The van der Waals surface area contributed by atoms with Gasteiger partial charge in [0, 0.05) is 24.7 Å². The average Bonchev–Trinajstić information content (AvgIpc) is 3.09. The summed E-state index contributed by atoms with van der Waals surface area (Å²) in [7, 11) is 0. The van der Waals surface area contributed by atoms with Gasteiger partial charge in [-0.15, -0.1) is 0 Å². The number of nitro groups is 1. The molecule has 1 unspecified atom stereocenters. The Bertz CT molecular complexity index is 514. The summed E-state index contributed by atoms with van der Waals surface area (Å²) < 4.78 is 0. The van der Waals surface area contributed by atoms with Crippen LogP contribution in [0.3, 0.4) is 0 Å². The highest BCUT2D eigenvalue weighted by atomic mass is 16.6. The van der Waals surface area contributed by atoms with Gasteiger partial charge in [-0.25, -0.2) is 4.98 Å². The number of hydrogen-bond acceptors (Lipinski definition) is 5. The standard InChI is InChI=1S/C14H20N4O2/c1-11-8-14(15-9-13(11)18(19)20)17-7-4-12(10-17)16-5-2-3-6-16/h8-9,12H,2-7,10H2,1H3. The zero-order chi connectivity index (χ0) is 14.1. The maximum Gasteiger partial charge on any atom is 0.290 e. The van der Waals surface area contributed by atoms with Crippen molar-refractivity contribution in [2.75, 3.05) is 31.1 Å². The predicted molar refractivity (Wildman–Crippen MR) is 77.1 cm³/mol. The predicted octanol–water partition coefficient (Wildman–Crippen LogP) is 1.97. The lowest BCUT2D eigenvalue weighted by molar-refractivity contribution is -0.385. The molecule has 6 heteroatoms. The molecule has 0 bridgehead atoms. The topological polar surface area (TPSA) is 62.5 Å². The minimum absolute atomic E-state index is 0.101. The zero-order valence-electron chi connectivity index (χ0n) is 11.8. The summed E-state index contributed by atoms with van der Waals surface area (Å²) in [5.74, 6) is 0.870. The minimum Gasteiger partial charge on any atom is -0.355 e. The number of rotatable bonds is 3. The summed E-state index contributed by atoms with van der Waals surface area (Å²) in [5.41, 5.74) is 0.786. The van der Waals surface area contributed by atoms with Crippen molar-refractivity contribution in [3.8, 4) is 0 Å². The first kappa shape index (κ1) is 13.3. The third kappa shape index (κ3) is 2.47. The van der Waals surface area contributed by atoms with E-state index in [4.69, 9.17) is 0 Å². The lowest BCUT2D eigenvalue weighted by Gasteiger charge is -2.24. The molecule has 3 heterocycles. The van der Waals surface area contributed by atoms with Crippen LogP contribution < -0.4 is 4.90 Å². The van der Waals surface area contributed by atoms with Crippen molar-refractivity contribution in [1.29, 1.82) is 0 Å². The van der Waals surface area contributed by atoms with E-state index >= 15 is 0 Å². The van der Waals surface area contributed by atoms with Gasteiger partial charge in [0.05, 0.1) is 4.92 Å². The van der Waals surface area contributed by atoms with Gasteiger partial charge in [-0.3, -0.25) is 15.0 Å². The molecule has 2 saturated heterocycles. The highest BCUT2D eigenvalue weighted by Crippen LogP contribution is 2.26. The number of hydrogen-bond donors (Lipinski definition) is 0. The molecule has 1 aromatic heterocycles. The van der Waals surface area contributed by atoms with Crippen molar-refractivity contribution in [1.82, 2.24) is 9.88 Å². The van der Waals surface area contributed by atoms with Crippen LogP contribution in [0.15, 0.2) is 12.3 Å². The van der Waals surface area contributed by atoms with Gasteiger partial charge in [0.2, 0.25) is 0 Å². The number of aromatic nitrogens is 1. The molecule has 0 amide bonds. The van der Waals surface area contributed by atoms with Gasteiger partial charge in [0.15, 0.2) is 0 Å². The number of nitrogens with zero attached hydrogens (tertiary/aromatic N) is 4. The Morgan fingerprint density at radius 3 is 2.75 bits per heavy atom. The molecule has 2 aliphatic rings. The third-order valence-corrected chi connectivity index (χ3v) is 4.41. The number of anilines is 1. The van der Waals surface area contributed by atoms with Crippen molar-refractivity contribution in [3.63, 3.8) is 0 Å². The largest absolute Gasteiger partial charge is 0.355 e. The van der Waals surface area contributed by atoms with Crippen LogP contribution >= 0.6 is 0 Å². The fourth-order valence-electron chi connectivity index (χ4n) is 3.25. The summed E-state index contributed by atoms with van der Waals surface area (Å²) in [6.07, 6.45) is 5.17. The lowest BCUT2D eigenvalue weighted by Crippen LogP contribution is -2.35. The average molecular weight is 276 g/mol. The van der Waals surface area contributed by atoms with Crippen LogP contribution in [-0.2, 0) is 0 Å². The van der Waals surface area contributed by atoms with Gasteiger partial charge in [0.1, 0.15) is 12.0 Å². The van der Waals surface area contributed by atoms with Gasteiger partial charge >= 0.3 is 0 Å². The fourth-order valence-corrected chi connectivity index (χ4v) is 3.25. The van der Waals surface area contributed by atoms with Crippen molar-refractivity contribution in [2.24, 2.45) is 0 Å². The molecule has 1 atom stereocenters. The van der Waals surface area contributed by atoms with Gasteiger partial charge in [-0.05, 0) is 45.3 Å². The SMILES string of the molecule is Cc1cc(N2CCC(N3CCCC3)C2)ncc1[N+](=O)[O-]. The minimum atomic E-state index is -0.372. The normalized spacial score (nSPS) is 23.4. The molecule has 1 aromatic rings. The van der Waals surface area contributed by atoms with Crippen LogP contribution in [0.2, 0.25) is 0 Å². The van der Waals surface area contributed by atoms with Crippen LogP contribution in [0.25, 0.3) is 0 Å². The molecule has 0 N–H and O–H groups in total. The molecule has 0 radical (unpaired) electrons. The van der Waals surface area contributed by atoms with Crippen LogP contribution in [0.5, 0.6) is 0 Å². The Balaban J connectivity index is 1.71. The van der Waals surface area contributed by atoms with Gasteiger partial charge < -0.3 is 4.90 Å². The molecule has 0 saturated carbocycles. The van der Waals surface area contributed by atoms with Gasteiger partial charge in [-0.1, -0.05) is 0 Å². The number of pyridine rings is 1. The van der Waals surface area contributed by atoms with Crippen molar-refractivity contribution in [3.05, 3.63) is 27.9 Å². The van der Waals surface area contributed by atoms with Crippen LogP contribution in [0.1, 0.15) is 24.8 Å². The second-order valence-electron chi connectivity index (χ2n) is 5.72. The van der Waals surface area contributed by atoms with E-state index in [-0.39, 0.29) is 10.6 Å². The molecule has 3 rings (SSSR count). The molecule has 2 aliphatic heterocycles. The van der Waals surface area contributed by atoms with E-state index < -0.39 is 0 Å². The van der Waals surface area contributed by atoms with E-state index in [1.807, 2.05) is 6.07 Å². The summed E-state index contributed by atoms with van der Waals surface area (Å²) in [5, 5.41) is 10.8. The monoisotopic (exact) mass is 276 g/mol. The molecule has 0 aliphatic carbocycles. The summed E-state index contributed by atoms with van der Waals surface area (Å²) in [4.78, 5) is 19.5. The highest BCUT2D eigenvalue weighted by Gasteiger charge is 2.30. The van der Waals surface area contributed by atoms with E-state index in [0.29, 0.717) is 11.6 Å². The molecule has 0 aromatic carbocycles. The van der Waals surface area contributed by atoms with Crippen LogP contribution in [-0.4, -0.2) is 47.0 Å². The summed E-state index contributed by atoms with van der Waals surface area (Å²) >= 11 is 0. The van der Waals surface area contributed by atoms with Gasteiger partial charge in [0.25, 0.3) is 5.69 Å². The smallest absolute Gasteiger partial charge is 0.290 e. The maximum atomic E-state index is 10.8. The van der Waals surface area contributed by atoms with E-state index in [9.17, 15) is 10.1 Å². The first-order valence-electron chi connectivity index (χ1n) is 7.25. The van der Waals surface area contributed by atoms with Crippen LogP contribution in [0, 0.1) is 17.0 Å².